The van der Waals surface area contributed by atoms with Gasteiger partial charge in [-0.25, -0.2) is 8.42 Å². The number of piperidine rings is 1. The zero-order valence-corrected chi connectivity index (χ0v) is 14.7. The summed E-state index contributed by atoms with van der Waals surface area (Å²) in [5, 5.41) is 0. The predicted octanol–water partition coefficient (Wildman–Crippen LogP) is 2.06. The molecule has 0 saturated carbocycles. The second-order valence-corrected chi connectivity index (χ2v) is 8.21. The lowest BCUT2D eigenvalue weighted by Gasteiger charge is -2.35. The minimum absolute atomic E-state index is 0.218. The van der Waals surface area contributed by atoms with Crippen LogP contribution in [0.25, 0.3) is 0 Å². The van der Waals surface area contributed by atoms with Gasteiger partial charge in [0, 0.05) is 13.1 Å². The fraction of sp³-hybridized carbons (Fsp3) is 0.571. The Morgan fingerprint density at radius 3 is 2.76 bits per heavy atom. The van der Waals surface area contributed by atoms with Gasteiger partial charge in [0.05, 0.1) is 16.5 Å². The van der Waals surface area contributed by atoms with Gasteiger partial charge in [0.25, 0.3) is 0 Å². The second-order valence-electron chi connectivity index (χ2n) is 5.42. The minimum atomic E-state index is -3.48. The summed E-state index contributed by atoms with van der Waals surface area (Å²) < 4.78 is 32.8. The number of nitrogens with zero attached hydrogens (tertiary/aromatic N) is 1. The van der Waals surface area contributed by atoms with Gasteiger partial charge in [0.1, 0.15) is 5.75 Å². The van der Waals surface area contributed by atoms with E-state index >= 15 is 0 Å². The molecule has 1 heterocycles. The molecule has 1 aromatic carbocycles. The van der Waals surface area contributed by atoms with Gasteiger partial charge in [-0.3, -0.25) is 0 Å². The molecule has 1 aromatic rings. The van der Waals surface area contributed by atoms with E-state index in [1.54, 1.807) is 29.6 Å². The van der Waals surface area contributed by atoms with Crippen LogP contribution in [-0.2, 0) is 10.0 Å². The van der Waals surface area contributed by atoms with Crippen LogP contribution >= 0.6 is 15.9 Å². The van der Waals surface area contributed by atoms with Crippen molar-refractivity contribution in [3.8, 4) is 5.75 Å². The molecule has 1 aliphatic rings. The molecule has 7 heteroatoms. The third-order valence-electron chi connectivity index (χ3n) is 4.14. The van der Waals surface area contributed by atoms with E-state index in [9.17, 15) is 8.42 Å². The molecule has 1 fully saturated rings. The van der Waals surface area contributed by atoms with Crippen molar-refractivity contribution in [2.45, 2.75) is 18.2 Å². The number of ether oxygens (including phenoxy) is 1. The number of methoxy groups -OCH3 is 1. The summed E-state index contributed by atoms with van der Waals surface area (Å²) in [6.45, 7) is 3.68. The number of hydrogen-bond acceptors (Lipinski definition) is 4. The van der Waals surface area contributed by atoms with Crippen LogP contribution in [0, 0.1) is 11.8 Å². The van der Waals surface area contributed by atoms with Gasteiger partial charge in [0.2, 0.25) is 10.0 Å². The normalized spacial score (nSPS) is 24.0. The van der Waals surface area contributed by atoms with E-state index in [0.29, 0.717) is 35.8 Å². The Kier molecular flexibility index (Phi) is 5.29. The summed E-state index contributed by atoms with van der Waals surface area (Å²) in [6, 6.07) is 4.82. The molecule has 1 aliphatic heterocycles. The van der Waals surface area contributed by atoms with Gasteiger partial charge >= 0.3 is 0 Å². The van der Waals surface area contributed by atoms with E-state index in [1.807, 2.05) is 0 Å². The van der Waals surface area contributed by atoms with Gasteiger partial charge in [-0.05, 0) is 58.9 Å². The van der Waals surface area contributed by atoms with Gasteiger partial charge in [-0.2, -0.15) is 4.31 Å². The van der Waals surface area contributed by atoms with Gasteiger partial charge in [0.15, 0.2) is 0 Å². The van der Waals surface area contributed by atoms with Crippen molar-refractivity contribution in [3.05, 3.63) is 22.7 Å². The highest BCUT2D eigenvalue weighted by Crippen LogP contribution is 2.31. The Bertz CT molecular complexity index is 606. The largest absolute Gasteiger partial charge is 0.496 e. The molecule has 0 amide bonds. The first kappa shape index (κ1) is 16.7. The maximum atomic E-state index is 12.7. The monoisotopic (exact) mass is 376 g/mol. The van der Waals surface area contributed by atoms with Gasteiger partial charge < -0.3 is 10.5 Å². The number of halogens is 1. The Balaban J connectivity index is 2.27. The average Bonchev–Trinajstić information content (AvgIpc) is 2.47. The summed E-state index contributed by atoms with van der Waals surface area (Å²) in [6.07, 6.45) is 0.846. The summed E-state index contributed by atoms with van der Waals surface area (Å²) in [5.74, 6) is 1.29. The zero-order chi connectivity index (χ0) is 15.6. The molecule has 5 nitrogen and oxygen atoms in total. The van der Waals surface area contributed by atoms with E-state index in [0.717, 1.165) is 6.42 Å². The number of rotatable bonds is 4. The molecule has 1 saturated heterocycles. The predicted molar refractivity (Wildman–Crippen MR) is 85.8 cm³/mol. The molecule has 0 aliphatic carbocycles. The molecule has 2 rings (SSSR count). The van der Waals surface area contributed by atoms with Gasteiger partial charge in [-0.1, -0.05) is 6.92 Å². The topological polar surface area (TPSA) is 72.6 Å². The van der Waals surface area contributed by atoms with E-state index in [1.165, 1.54) is 0 Å². The SMILES string of the molecule is COc1ccc(S(=O)(=O)N2CCC(C)C(CN)C2)cc1Br. The van der Waals surface area contributed by atoms with Crippen molar-refractivity contribution in [2.24, 2.45) is 17.6 Å². The first-order valence-electron chi connectivity index (χ1n) is 6.94. The quantitative estimate of drug-likeness (QED) is 0.872. The molecule has 0 aromatic heterocycles. The lowest BCUT2D eigenvalue weighted by atomic mass is 9.88. The second kappa shape index (κ2) is 6.64. The Morgan fingerprint density at radius 2 is 2.19 bits per heavy atom. The van der Waals surface area contributed by atoms with Crippen LogP contribution in [0.4, 0.5) is 0 Å². The van der Waals surface area contributed by atoms with Crippen LogP contribution in [0.15, 0.2) is 27.6 Å². The van der Waals surface area contributed by atoms with Crippen LogP contribution in [0.2, 0.25) is 0 Å². The summed E-state index contributed by atoms with van der Waals surface area (Å²) in [4.78, 5) is 0.278. The van der Waals surface area contributed by atoms with Crippen molar-refractivity contribution < 1.29 is 13.2 Å². The van der Waals surface area contributed by atoms with Crippen LogP contribution in [0.3, 0.4) is 0 Å². The molecule has 21 heavy (non-hydrogen) atoms. The standard InChI is InChI=1S/C14H21BrN2O3S/c1-10-5-6-17(9-11(10)8-16)21(18,19)12-3-4-14(20-2)13(15)7-12/h3-4,7,10-11H,5-6,8-9,16H2,1-2H3. The zero-order valence-electron chi connectivity index (χ0n) is 12.3. The van der Waals surface area contributed by atoms with Crippen molar-refractivity contribution in [1.82, 2.24) is 4.31 Å². The summed E-state index contributed by atoms with van der Waals surface area (Å²) in [7, 11) is -1.94. The highest BCUT2D eigenvalue weighted by Gasteiger charge is 2.33. The van der Waals surface area contributed by atoms with Crippen LogP contribution in [0.5, 0.6) is 5.75 Å². The number of nitrogens with two attached hydrogens (primary N) is 1. The first-order chi connectivity index (χ1) is 9.90. The molecule has 2 atom stereocenters. The minimum Gasteiger partial charge on any atom is -0.496 e. The molecule has 0 bridgehead atoms. The maximum absolute atomic E-state index is 12.7. The lowest BCUT2D eigenvalue weighted by Crippen LogP contribution is -2.45. The van der Waals surface area contributed by atoms with E-state index < -0.39 is 10.0 Å². The summed E-state index contributed by atoms with van der Waals surface area (Å²) in [5.41, 5.74) is 5.75. The van der Waals surface area contributed by atoms with E-state index in [4.69, 9.17) is 10.5 Å². The molecule has 0 radical (unpaired) electrons. The summed E-state index contributed by atoms with van der Waals surface area (Å²) >= 11 is 3.33. The molecule has 118 valence electrons. The Morgan fingerprint density at radius 1 is 1.48 bits per heavy atom. The molecule has 2 unspecified atom stereocenters. The van der Waals surface area contributed by atoms with Crippen molar-refractivity contribution in [3.63, 3.8) is 0 Å². The smallest absolute Gasteiger partial charge is 0.243 e. The molecule has 0 spiro atoms. The molecule has 2 N–H and O–H groups in total. The van der Waals surface area contributed by atoms with Crippen LogP contribution in [-0.4, -0.2) is 39.5 Å². The van der Waals surface area contributed by atoms with Crippen molar-refractivity contribution in [1.29, 1.82) is 0 Å². The third-order valence-corrected chi connectivity index (χ3v) is 6.62. The lowest BCUT2D eigenvalue weighted by molar-refractivity contribution is 0.203. The van der Waals surface area contributed by atoms with Crippen LogP contribution < -0.4 is 10.5 Å². The third kappa shape index (κ3) is 3.41. The average molecular weight is 377 g/mol. The van der Waals surface area contributed by atoms with Crippen LogP contribution in [0.1, 0.15) is 13.3 Å². The fourth-order valence-electron chi connectivity index (χ4n) is 2.60. The van der Waals surface area contributed by atoms with Crippen molar-refractivity contribution >= 4 is 26.0 Å². The Labute approximate surface area is 134 Å². The van der Waals surface area contributed by atoms with E-state index in [2.05, 4.69) is 22.9 Å². The highest BCUT2D eigenvalue weighted by atomic mass is 79.9. The molecular weight excluding hydrogens is 356 g/mol. The highest BCUT2D eigenvalue weighted by molar-refractivity contribution is 9.10. The maximum Gasteiger partial charge on any atom is 0.243 e. The fourth-order valence-corrected chi connectivity index (χ4v) is 4.83. The number of sulfonamides is 1. The van der Waals surface area contributed by atoms with Crippen molar-refractivity contribution in [2.75, 3.05) is 26.7 Å². The van der Waals surface area contributed by atoms with E-state index in [-0.39, 0.29) is 10.8 Å². The first-order valence-corrected chi connectivity index (χ1v) is 9.17. The number of benzene rings is 1. The molecular formula is C14H21BrN2O3S. The Hall–Kier alpha value is -0.630. The van der Waals surface area contributed by atoms with Gasteiger partial charge in [-0.15, -0.1) is 0 Å². The number of hydrogen-bond donors (Lipinski definition) is 1.